The van der Waals surface area contributed by atoms with Gasteiger partial charge in [0.2, 0.25) is 0 Å². The van der Waals surface area contributed by atoms with Crippen LogP contribution in [-0.4, -0.2) is 33.9 Å². The molecule has 31 heavy (non-hydrogen) atoms. The maximum atomic E-state index is 13.2. The average Bonchev–Trinajstić information content (AvgIpc) is 3.12. The summed E-state index contributed by atoms with van der Waals surface area (Å²) in [7, 11) is 1.45. The number of benzene rings is 1. The number of phenols is 1. The number of rotatable bonds is 5. The van der Waals surface area contributed by atoms with E-state index >= 15 is 0 Å². The Hall–Kier alpha value is -3.20. The molecular formula is C22H24N4O4S. The minimum absolute atomic E-state index is 0.0182. The molecule has 3 aromatic rings. The highest BCUT2D eigenvalue weighted by Gasteiger charge is 2.25. The maximum absolute atomic E-state index is 13.2. The van der Waals surface area contributed by atoms with Crippen LogP contribution in [0.4, 0.5) is 0 Å². The molecule has 2 N–H and O–H groups in total. The summed E-state index contributed by atoms with van der Waals surface area (Å²) in [6.45, 7) is 3.87. The van der Waals surface area contributed by atoms with Crippen molar-refractivity contribution in [3.05, 3.63) is 50.9 Å². The van der Waals surface area contributed by atoms with Crippen molar-refractivity contribution in [3.8, 4) is 11.5 Å². The molecule has 0 radical (unpaired) electrons. The van der Waals surface area contributed by atoms with Crippen molar-refractivity contribution < 1.29 is 14.6 Å². The first-order valence-corrected chi connectivity index (χ1v) is 10.9. The largest absolute Gasteiger partial charge is 0.504 e. The van der Waals surface area contributed by atoms with Crippen LogP contribution >= 0.6 is 11.3 Å². The van der Waals surface area contributed by atoms with Crippen molar-refractivity contribution in [2.45, 2.75) is 39.2 Å². The smallest absolute Gasteiger partial charge is 0.263 e. The maximum Gasteiger partial charge on any atom is 0.263 e. The summed E-state index contributed by atoms with van der Waals surface area (Å²) in [4.78, 5) is 32.2. The van der Waals surface area contributed by atoms with Gasteiger partial charge in [0.15, 0.2) is 11.5 Å². The van der Waals surface area contributed by atoms with E-state index < -0.39 is 11.9 Å². The predicted octanol–water partition coefficient (Wildman–Crippen LogP) is 3.01. The van der Waals surface area contributed by atoms with Gasteiger partial charge in [0, 0.05) is 4.88 Å². The minimum Gasteiger partial charge on any atom is -0.504 e. The van der Waals surface area contributed by atoms with E-state index in [-0.39, 0.29) is 11.3 Å². The van der Waals surface area contributed by atoms with E-state index in [4.69, 9.17) is 4.74 Å². The fraction of sp³-hybridized carbons (Fsp3) is 0.364. The number of aromatic hydroxyl groups is 1. The highest BCUT2D eigenvalue weighted by molar-refractivity contribution is 7.18. The SMILES string of the molecule is COc1cc(C=NNC(=O)[C@H](C)n2cnc3sc4c(c3c2=O)CC[C@@H](C)C4)ccc1O. The highest BCUT2D eigenvalue weighted by Crippen LogP contribution is 2.35. The van der Waals surface area contributed by atoms with E-state index in [1.165, 1.54) is 35.2 Å². The second-order valence-corrected chi connectivity index (χ2v) is 8.91. The first-order valence-electron chi connectivity index (χ1n) is 10.1. The molecule has 0 aliphatic heterocycles. The number of thiophene rings is 1. The summed E-state index contributed by atoms with van der Waals surface area (Å²) < 4.78 is 6.42. The number of phenolic OH excluding ortho intramolecular Hbond substituents is 1. The van der Waals surface area contributed by atoms with Gasteiger partial charge in [-0.1, -0.05) is 6.92 Å². The van der Waals surface area contributed by atoms with Crippen LogP contribution in [0, 0.1) is 5.92 Å². The summed E-state index contributed by atoms with van der Waals surface area (Å²) in [6.07, 6.45) is 5.78. The molecule has 2 aromatic heterocycles. The molecule has 0 saturated carbocycles. The predicted molar refractivity (Wildman–Crippen MR) is 120 cm³/mol. The van der Waals surface area contributed by atoms with Gasteiger partial charge in [-0.15, -0.1) is 11.3 Å². The number of hydrogen-bond donors (Lipinski definition) is 2. The summed E-state index contributed by atoms with van der Waals surface area (Å²) in [5, 5.41) is 14.2. The van der Waals surface area contributed by atoms with E-state index in [2.05, 4.69) is 22.4 Å². The molecule has 0 spiro atoms. The summed E-state index contributed by atoms with van der Waals surface area (Å²) in [5.41, 5.74) is 4.01. The van der Waals surface area contributed by atoms with E-state index in [1.807, 2.05) is 0 Å². The van der Waals surface area contributed by atoms with Crippen LogP contribution in [0.2, 0.25) is 0 Å². The Morgan fingerprint density at radius 3 is 3.06 bits per heavy atom. The number of nitrogens with zero attached hydrogens (tertiary/aromatic N) is 3. The molecule has 0 fully saturated rings. The van der Waals surface area contributed by atoms with Crippen molar-refractivity contribution in [1.82, 2.24) is 15.0 Å². The van der Waals surface area contributed by atoms with Gasteiger partial charge in [-0.25, -0.2) is 10.4 Å². The number of aryl methyl sites for hydroxylation is 1. The van der Waals surface area contributed by atoms with Gasteiger partial charge < -0.3 is 9.84 Å². The molecule has 162 valence electrons. The Bertz CT molecular complexity index is 1230. The molecule has 8 nitrogen and oxygen atoms in total. The number of carbonyl (C=O) groups excluding carboxylic acids is 1. The molecule has 1 aromatic carbocycles. The number of amides is 1. The fourth-order valence-electron chi connectivity index (χ4n) is 3.78. The number of nitrogens with one attached hydrogen (secondary N) is 1. The Morgan fingerprint density at radius 2 is 2.29 bits per heavy atom. The third-order valence-electron chi connectivity index (χ3n) is 5.63. The number of methoxy groups -OCH3 is 1. The van der Waals surface area contributed by atoms with Crippen molar-refractivity contribution in [3.63, 3.8) is 0 Å². The molecule has 1 aliphatic carbocycles. The van der Waals surface area contributed by atoms with Crippen LogP contribution in [-0.2, 0) is 17.6 Å². The summed E-state index contributed by atoms with van der Waals surface area (Å²) in [5.74, 6) is 0.509. The third-order valence-corrected chi connectivity index (χ3v) is 6.79. The fourth-order valence-corrected chi connectivity index (χ4v) is 5.13. The lowest BCUT2D eigenvalue weighted by molar-refractivity contribution is -0.123. The summed E-state index contributed by atoms with van der Waals surface area (Å²) in [6, 6.07) is 3.94. The minimum atomic E-state index is -0.769. The lowest BCUT2D eigenvalue weighted by Gasteiger charge is -2.18. The van der Waals surface area contributed by atoms with E-state index in [0.717, 1.165) is 29.7 Å². The zero-order valence-corrected chi connectivity index (χ0v) is 18.4. The van der Waals surface area contributed by atoms with E-state index in [9.17, 15) is 14.7 Å². The molecule has 1 aliphatic rings. The lowest BCUT2D eigenvalue weighted by atomic mass is 9.89. The molecule has 0 unspecified atom stereocenters. The quantitative estimate of drug-likeness (QED) is 0.469. The lowest BCUT2D eigenvalue weighted by Crippen LogP contribution is -2.34. The van der Waals surface area contributed by atoms with Crippen molar-refractivity contribution >= 4 is 33.7 Å². The molecular weight excluding hydrogens is 416 g/mol. The first-order chi connectivity index (χ1) is 14.9. The van der Waals surface area contributed by atoms with Crippen molar-refractivity contribution in [1.29, 1.82) is 0 Å². The Balaban J connectivity index is 1.54. The van der Waals surface area contributed by atoms with Crippen LogP contribution in [0.5, 0.6) is 11.5 Å². The molecule has 1 amide bonds. The van der Waals surface area contributed by atoms with Crippen LogP contribution in [0.25, 0.3) is 10.2 Å². The van der Waals surface area contributed by atoms with Crippen molar-refractivity contribution in [2.24, 2.45) is 11.0 Å². The number of ether oxygens (including phenoxy) is 1. The standard InChI is InChI=1S/C22H24N4O4S/c1-12-4-6-15-18(8-12)31-21-19(15)22(29)26(11-23-21)13(2)20(28)25-24-10-14-5-7-16(27)17(9-14)30-3/h5,7,9-13,27H,4,6,8H2,1-3H3,(H,25,28)/t12-,13+/m1/s1. The molecule has 0 bridgehead atoms. The van der Waals surface area contributed by atoms with Crippen LogP contribution in [0.1, 0.15) is 42.3 Å². The third kappa shape index (κ3) is 4.05. The number of fused-ring (bicyclic) bond motifs is 3. The molecule has 0 saturated heterocycles. The number of aromatic nitrogens is 2. The van der Waals surface area contributed by atoms with Gasteiger partial charge >= 0.3 is 0 Å². The second-order valence-electron chi connectivity index (χ2n) is 7.83. The summed E-state index contributed by atoms with van der Waals surface area (Å²) >= 11 is 1.59. The normalized spacial score (nSPS) is 16.9. The number of carbonyl (C=O) groups is 1. The van der Waals surface area contributed by atoms with Crippen molar-refractivity contribution in [2.75, 3.05) is 7.11 Å². The molecule has 2 atom stereocenters. The van der Waals surface area contributed by atoms with E-state index in [0.29, 0.717) is 22.6 Å². The van der Waals surface area contributed by atoms with Crippen LogP contribution in [0.15, 0.2) is 34.4 Å². The monoisotopic (exact) mass is 440 g/mol. The molecule has 9 heteroatoms. The van der Waals surface area contributed by atoms with Crippen LogP contribution < -0.4 is 15.7 Å². The molecule has 4 rings (SSSR count). The van der Waals surface area contributed by atoms with Gasteiger partial charge in [0.1, 0.15) is 10.9 Å². The zero-order valence-electron chi connectivity index (χ0n) is 17.6. The first kappa shape index (κ1) is 21.0. The Labute approximate surface area is 183 Å². The van der Waals surface area contributed by atoms with Gasteiger partial charge in [-0.3, -0.25) is 14.2 Å². The number of hydrazone groups is 1. The highest BCUT2D eigenvalue weighted by atomic mass is 32.1. The Kier molecular flexibility index (Phi) is 5.77. The number of hydrogen-bond acceptors (Lipinski definition) is 7. The second kappa shape index (κ2) is 8.50. The topological polar surface area (TPSA) is 106 Å². The van der Waals surface area contributed by atoms with E-state index in [1.54, 1.807) is 30.4 Å². The molecule has 2 heterocycles. The zero-order chi connectivity index (χ0) is 22.1. The average molecular weight is 441 g/mol. The van der Waals surface area contributed by atoms with Gasteiger partial charge in [0.25, 0.3) is 11.5 Å². The van der Waals surface area contributed by atoms with Gasteiger partial charge in [-0.2, -0.15) is 5.10 Å². The van der Waals surface area contributed by atoms with Gasteiger partial charge in [-0.05, 0) is 61.4 Å². The van der Waals surface area contributed by atoms with Crippen LogP contribution in [0.3, 0.4) is 0 Å². The Morgan fingerprint density at radius 1 is 1.48 bits per heavy atom. The van der Waals surface area contributed by atoms with Gasteiger partial charge in [0.05, 0.1) is 25.0 Å².